The molecule has 0 saturated carbocycles. The van der Waals surface area contributed by atoms with Crippen LogP contribution >= 0.6 is 24.8 Å². The Bertz CT molecular complexity index is 1490. The van der Waals surface area contributed by atoms with E-state index < -0.39 is 41.0 Å². The molecule has 1 fully saturated rings. The van der Waals surface area contributed by atoms with Crippen LogP contribution in [0.5, 0.6) is 5.75 Å². The molecule has 2 heterocycles. The summed E-state index contributed by atoms with van der Waals surface area (Å²) in [6, 6.07) is 9.74. The van der Waals surface area contributed by atoms with E-state index in [2.05, 4.69) is 16.8 Å². The van der Waals surface area contributed by atoms with Crippen molar-refractivity contribution in [2.24, 2.45) is 0 Å². The Morgan fingerprint density at radius 3 is 2.20 bits per heavy atom. The van der Waals surface area contributed by atoms with E-state index in [0.717, 1.165) is 16.7 Å². The fourth-order valence-electron chi connectivity index (χ4n) is 4.84. The molecular weight excluding hydrogens is 631 g/mol. The highest BCUT2D eigenvalue weighted by Crippen LogP contribution is 2.37. The summed E-state index contributed by atoms with van der Waals surface area (Å²) in [5, 5.41) is 0. The molecule has 2 aromatic carbocycles. The van der Waals surface area contributed by atoms with E-state index in [1.807, 2.05) is 36.9 Å². The Kier molecular flexibility index (Phi) is 12.5. The number of pyridine rings is 1. The highest BCUT2D eigenvalue weighted by atomic mass is 35.5. The van der Waals surface area contributed by atoms with Gasteiger partial charge in [-0.3, -0.25) is 9.69 Å². The standard InChI is InChI=1S/C31H29F6N3O2.2ClH/c1-20-8-9-22(14-21(20)2)15-26-19-39(11-5-6-27-28(42-3)7-4-10-38-27)12-13-40(26)29(41)23-16-24(30(32,33)34)18-25(17-23)31(35,36)37;;/h4,7-10,14,16-18,26H,11-13,15,19H2,1-3H3;2*1H/t26-;;/m1../s1. The molecule has 44 heavy (non-hydrogen) atoms. The average molecular weight is 663 g/mol. The number of alkyl halides is 6. The number of ether oxygens (including phenoxy) is 1. The lowest BCUT2D eigenvalue weighted by molar-refractivity contribution is -0.143. The van der Waals surface area contributed by atoms with Crippen molar-refractivity contribution in [2.75, 3.05) is 33.3 Å². The number of rotatable bonds is 5. The second-order valence-corrected chi connectivity index (χ2v) is 10.2. The van der Waals surface area contributed by atoms with Gasteiger partial charge < -0.3 is 9.64 Å². The number of hydrogen-bond donors (Lipinski definition) is 0. The Labute approximate surface area is 264 Å². The number of hydrogen-bond acceptors (Lipinski definition) is 4. The van der Waals surface area contributed by atoms with Crippen molar-refractivity contribution in [1.29, 1.82) is 0 Å². The van der Waals surface area contributed by atoms with Gasteiger partial charge in [0.1, 0.15) is 0 Å². The Balaban J connectivity index is 0.00000337. The first-order valence-corrected chi connectivity index (χ1v) is 13.1. The number of methoxy groups -OCH3 is 1. The number of halogens is 8. The molecular formula is C31H31Cl2F6N3O2. The van der Waals surface area contributed by atoms with Crippen LogP contribution in [-0.2, 0) is 18.8 Å². The van der Waals surface area contributed by atoms with Crippen LogP contribution in [0.3, 0.4) is 0 Å². The number of carbonyl (C=O) groups is 1. The van der Waals surface area contributed by atoms with E-state index in [-0.39, 0.29) is 37.4 Å². The van der Waals surface area contributed by atoms with Gasteiger partial charge in [-0.1, -0.05) is 24.1 Å². The lowest BCUT2D eigenvalue weighted by atomic mass is 9.97. The Morgan fingerprint density at radius 2 is 1.61 bits per heavy atom. The molecule has 1 atom stereocenters. The summed E-state index contributed by atoms with van der Waals surface area (Å²) in [5.41, 5.74) is -0.243. The lowest BCUT2D eigenvalue weighted by Crippen LogP contribution is -2.56. The first-order chi connectivity index (χ1) is 19.8. The number of amides is 1. The molecule has 0 aliphatic carbocycles. The number of aromatic nitrogens is 1. The summed E-state index contributed by atoms with van der Waals surface area (Å²) < 4.78 is 86.2. The van der Waals surface area contributed by atoms with Gasteiger partial charge in [0.2, 0.25) is 0 Å². The van der Waals surface area contributed by atoms with Crippen molar-refractivity contribution in [1.82, 2.24) is 14.8 Å². The highest BCUT2D eigenvalue weighted by Gasteiger charge is 2.39. The lowest BCUT2D eigenvalue weighted by Gasteiger charge is -2.41. The number of aryl methyl sites for hydroxylation is 2. The van der Waals surface area contributed by atoms with Gasteiger partial charge in [0.25, 0.3) is 5.91 Å². The van der Waals surface area contributed by atoms with Crippen LogP contribution in [0.25, 0.3) is 0 Å². The van der Waals surface area contributed by atoms with Gasteiger partial charge in [-0.15, -0.1) is 24.8 Å². The summed E-state index contributed by atoms with van der Waals surface area (Å²) in [6.45, 7) is 4.95. The highest BCUT2D eigenvalue weighted by molar-refractivity contribution is 5.95. The maximum absolute atomic E-state index is 13.6. The van der Waals surface area contributed by atoms with Gasteiger partial charge in [0.05, 0.1) is 24.8 Å². The molecule has 1 amide bonds. The summed E-state index contributed by atoms with van der Waals surface area (Å²) in [4.78, 5) is 21.1. The van der Waals surface area contributed by atoms with E-state index in [0.29, 0.717) is 49.6 Å². The molecule has 13 heteroatoms. The molecule has 1 aromatic heterocycles. The molecule has 0 radical (unpaired) electrons. The van der Waals surface area contributed by atoms with Crippen LogP contribution < -0.4 is 4.74 Å². The Hall–Kier alpha value is -3.46. The third-order valence-corrected chi connectivity index (χ3v) is 7.21. The van der Waals surface area contributed by atoms with Crippen molar-refractivity contribution >= 4 is 30.7 Å². The predicted molar refractivity (Wildman–Crippen MR) is 159 cm³/mol. The molecule has 4 rings (SSSR count). The number of piperazine rings is 1. The van der Waals surface area contributed by atoms with E-state index >= 15 is 0 Å². The fraction of sp³-hybridized carbons (Fsp3) is 0.355. The minimum Gasteiger partial charge on any atom is -0.494 e. The van der Waals surface area contributed by atoms with Crippen LogP contribution in [0.4, 0.5) is 26.3 Å². The normalized spacial score (nSPS) is 15.4. The average Bonchev–Trinajstić information content (AvgIpc) is 2.94. The van der Waals surface area contributed by atoms with Gasteiger partial charge in [-0.2, -0.15) is 26.3 Å². The Morgan fingerprint density at radius 1 is 0.955 bits per heavy atom. The smallest absolute Gasteiger partial charge is 0.416 e. The molecule has 1 saturated heterocycles. The zero-order valence-electron chi connectivity index (χ0n) is 24.1. The maximum Gasteiger partial charge on any atom is 0.416 e. The summed E-state index contributed by atoms with van der Waals surface area (Å²) >= 11 is 0. The first-order valence-electron chi connectivity index (χ1n) is 13.1. The molecule has 0 N–H and O–H groups in total. The van der Waals surface area contributed by atoms with E-state index in [4.69, 9.17) is 4.74 Å². The monoisotopic (exact) mass is 661 g/mol. The third kappa shape index (κ3) is 9.03. The van der Waals surface area contributed by atoms with Crippen LogP contribution in [0, 0.1) is 25.7 Å². The van der Waals surface area contributed by atoms with Crippen molar-refractivity contribution in [3.8, 4) is 17.6 Å². The zero-order chi connectivity index (χ0) is 30.7. The number of nitrogens with zero attached hydrogens (tertiary/aromatic N) is 3. The zero-order valence-corrected chi connectivity index (χ0v) is 25.7. The van der Waals surface area contributed by atoms with Gasteiger partial charge in [0, 0.05) is 37.4 Å². The van der Waals surface area contributed by atoms with E-state index in [1.165, 1.54) is 12.0 Å². The van der Waals surface area contributed by atoms with Crippen LogP contribution in [-0.4, -0.2) is 60.0 Å². The molecule has 0 unspecified atom stereocenters. The van der Waals surface area contributed by atoms with Gasteiger partial charge >= 0.3 is 12.4 Å². The van der Waals surface area contributed by atoms with Crippen LogP contribution in [0.15, 0.2) is 54.7 Å². The second-order valence-electron chi connectivity index (χ2n) is 10.2. The largest absolute Gasteiger partial charge is 0.494 e. The number of benzene rings is 2. The molecule has 1 aliphatic heterocycles. The molecule has 3 aromatic rings. The van der Waals surface area contributed by atoms with Gasteiger partial charge in [0.15, 0.2) is 11.4 Å². The molecule has 0 spiro atoms. The second kappa shape index (κ2) is 15.0. The maximum atomic E-state index is 13.6. The van der Waals surface area contributed by atoms with Crippen molar-refractivity contribution in [2.45, 2.75) is 38.7 Å². The summed E-state index contributed by atoms with van der Waals surface area (Å²) in [7, 11) is 1.51. The molecule has 5 nitrogen and oxygen atoms in total. The topological polar surface area (TPSA) is 45.7 Å². The molecule has 0 bridgehead atoms. The van der Waals surface area contributed by atoms with Crippen LogP contribution in [0.1, 0.15) is 43.9 Å². The minimum absolute atomic E-state index is 0. The SMILES string of the molecule is COc1cccnc1C#CCN1CCN(C(=O)c2cc(C(F)(F)F)cc(C(F)(F)F)c2)[C@H](Cc2ccc(C)c(C)c2)C1.Cl.Cl. The van der Waals surface area contributed by atoms with Crippen molar-refractivity contribution in [3.63, 3.8) is 0 Å². The van der Waals surface area contributed by atoms with E-state index in [1.54, 1.807) is 18.3 Å². The fourth-order valence-corrected chi connectivity index (χ4v) is 4.84. The predicted octanol–water partition coefficient (Wildman–Crippen LogP) is 7.01. The van der Waals surface area contributed by atoms with E-state index in [9.17, 15) is 31.1 Å². The molecule has 1 aliphatic rings. The summed E-state index contributed by atoms with van der Waals surface area (Å²) in [6.07, 6.45) is -8.16. The van der Waals surface area contributed by atoms with Gasteiger partial charge in [-0.25, -0.2) is 4.98 Å². The quantitative estimate of drug-likeness (QED) is 0.218. The van der Waals surface area contributed by atoms with Crippen LogP contribution in [0.2, 0.25) is 0 Å². The number of carbonyl (C=O) groups excluding carboxylic acids is 1. The van der Waals surface area contributed by atoms with Crippen molar-refractivity contribution < 1.29 is 35.9 Å². The van der Waals surface area contributed by atoms with Gasteiger partial charge in [-0.05, 0) is 73.2 Å². The third-order valence-electron chi connectivity index (χ3n) is 7.21. The summed E-state index contributed by atoms with van der Waals surface area (Å²) in [5.74, 6) is 5.66. The first kappa shape index (κ1) is 36.7. The minimum atomic E-state index is -5.05. The van der Waals surface area contributed by atoms with Crippen molar-refractivity contribution in [3.05, 3.63) is 93.8 Å². The molecule has 238 valence electrons.